The molecule has 0 aliphatic carbocycles. The van der Waals surface area contributed by atoms with Crippen LogP contribution in [0.3, 0.4) is 0 Å². The van der Waals surface area contributed by atoms with Crippen molar-refractivity contribution in [1.82, 2.24) is 10.2 Å². The van der Waals surface area contributed by atoms with Gasteiger partial charge in [0.1, 0.15) is 17.8 Å². The zero-order valence-corrected chi connectivity index (χ0v) is 13.2. The van der Waals surface area contributed by atoms with Gasteiger partial charge in [0, 0.05) is 23.4 Å². The molecule has 2 rings (SSSR count). The summed E-state index contributed by atoms with van der Waals surface area (Å²) >= 11 is 1.65. The third-order valence-corrected chi connectivity index (χ3v) is 4.73. The van der Waals surface area contributed by atoms with Gasteiger partial charge in [-0.2, -0.15) is 11.8 Å². The lowest BCUT2D eigenvalue weighted by Crippen LogP contribution is -2.35. The fourth-order valence-corrected chi connectivity index (χ4v) is 2.81. The molecule has 0 spiro atoms. The molecule has 3 unspecified atom stereocenters. The van der Waals surface area contributed by atoms with Crippen LogP contribution in [0, 0.1) is 11.6 Å². The summed E-state index contributed by atoms with van der Waals surface area (Å²) in [7, 11) is 0. The molecular formula is C15H20F2N2OS. The lowest BCUT2D eigenvalue weighted by molar-refractivity contribution is -0.130. The number of nitrogens with zero attached hydrogens (tertiary/aromatic N) is 1. The highest BCUT2D eigenvalue weighted by Crippen LogP contribution is 2.29. The summed E-state index contributed by atoms with van der Waals surface area (Å²) in [5.74, 6) is -1.26. The van der Waals surface area contributed by atoms with Crippen molar-refractivity contribution in [3.8, 4) is 0 Å². The van der Waals surface area contributed by atoms with Gasteiger partial charge in [0.05, 0.1) is 6.04 Å². The Hall–Kier alpha value is -1.14. The first-order chi connectivity index (χ1) is 9.97. The maximum absolute atomic E-state index is 14.0. The summed E-state index contributed by atoms with van der Waals surface area (Å²) in [5.41, 5.74) is 0.314. The van der Waals surface area contributed by atoms with Gasteiger partial charge in [-0.1, -0.05) is 13.8 Å². The Morgan fingerprint density at radius 3 is 2.71 bits per heavy atom. The minimum Gasteiger partial charge on any atom is -0.320 e. The van der Waals surface area contributed by atoms with Gasteiger partial charge in [-0.25, -0.2) is 8.78 Å². The van der Waals surface area contributed by atoms with Crippen molar-refractivity contribution in [1.29, 1.82) is 0 Å². The molecule has 1 amide bonds. The predicted molar refractivity (Wildman–Crippen MR) is 81.0 cm³/mol. The van der Waals surface area contributed by atoms with E-state index in [1.807, 2.05) is 20.1 Å². The minimum atomic E-state index is -0.626. The quantitative estimate of drug-likeness (QED) is 0.907. The second kappa shape index (κ2) is 6.75. The molecule has 1 fully saturated rings. The number of thioether (sulfide) groups is 1. The second-order valence-corrected chi connectivity index (χ2v) is 6.51. The summed E-state index contributed by atoms with van der Waals surface area (Å²) < 4.78 is 27.1. The number of carbonyl (C=O) groups is 1. The Labute approximate surface area is 128 Å². The van der Waals surface area contributed by atoms with Crippen molar-refractivity contribution in [3.63, 3.8) is 0 Å². The zero-order chi connectivity index (χ0) is 15.6. The van der Waals surface area contributed by atoms with E-state index in [0.717, 1.165) is 6.07 Å². The summed E-state index contributed by atoms with van der Waals surface area (Å²) in [4.78, 5) is 14.1. The van der Waals surface area contributed by atoms with Gasteiger partial charge in [-0.3, -0.25) is 10.1 Å². The maximum atomic E-state index is 14.0. The van der Waals surface area contributed by atoms with E-state index in [9.17, 15) is 13.6 Å². The standard InChI is InChI=1S/C15H20F2N2OS/c1-4-13-15(20)19(8-9(2)21-3)14(18-13)11-6-5-10(16)7-12(11)17/h5-7,9,13-14,18H,4,8H2,1-3H3. The third kappa shape index (κ3) is 3.37. The maximum Gasteiger partial charge on any atom is 0.241 e. The van der Waals surface area contributed by atoms with E-state index in [1.165, 1.54) is 12.1 Å². The van der Waals surface area contributed by atoms with Crippen LogP contribution in [0.15, 0.2) is 18.2 Å². The van der Waals surface area contributed by atoms with Crippen LogP contribution in [-0.2, 0) is 4.79 Å². The fraction of sp³-hybridized carbons (Fsp3) is 0.533. The van der Waals surface area contributed by atoms with Gasteiger partial charge in [-0.15, -0.1) is 0 Å². The van der Waals surface area contributed by atoms with Gasteiger partial charge in [0.25, 0.3) is 0 Å². The molecule has 1 heterocycles. The number of amides is 1. The molecule has 3 atom stereocenters. The van der Waals surface area contributed by atoms with Crippen LogP contribution in [0.5, 0.6) is 0 Å². The highest BCUT2D eigenvalue weighted by atomic mass is 32.2. The van der Waals surface area contributed by atoms with Crippen LogP contribution < -0.4 is 5.32 Å². The van der Waals surface area contributed by atoms with Gasteiger partial charge in [-0.05, 0) is 24.8 Å². The molecule has 1 aromatic carbocycles. The Kier molecular flexibility index (Phi) is 5.22. The molecule has 1 N–H and O–H groups in total. The molecule has 1 aromatic rings. The predicted octanol–water partition coefficient (Wildman–Crippen LogP) is 2.93. The third-order valence-electron chi connectivity index (χ3n) is 3.77. The Morgan fingerprint density at radius 2 is 2.14 bits per heavy atom. The van der Waals surface area contributed by atoms with Crippen molar-refractivity contribution in [2.45, 2.75) is 37.7 Å². The van der Waals surface area contributed by atoms with E-state index in [0.29, 0.717) is 18.5 Å². The number of hydrogen-bond donors (Lipinski definition) is 1. The highest BCUT2D eigenvalue weighted by molar-refractivity contribution is 7.99. The van der Waals surface area contributed by atoms with Crippen molar-refractivity contribution >= 4 is 17.7 Å². The van der Waals surface area contributed by atoms with Gasteiger partial charge in [0.2, 0.25) is 5.91 Å². The molecule has 0 radical (unpaired) electrons. The Balaban J connectivity index is 2.31. The molecule has 116 valence electrons. The fourth-order valence-electron chi connectivity index (χ4n) is 2.50. The highest BCUT2D eigenvalue weighted by Gasteiger charge is 2.40. The lowest BCUT2D eigenvalue weighted by Gasteiger charge is -2.27. The number of rotatable bonds is 5. The number of carbonyl (C=O) groups excluding carboxylic acids is 1. The number of nitrogens with one attached hydrogen (secondary N) is 1. The SMILES string of the molecule is CCC1NC(c2ccc(F)cc2F)N(CC(C)SC)C1=O. The normalized spacial score (nSPS) is 23.7. The minimum absolute atomic E-state index is 0.0212. The monoisotopic (exact) mass is 314 g/mol. The molecule has 6 heteroatoms. The molecular weight excluding hydrogens is 294 g/mol. The summed E-state index contributed by atoms with van der Waals surface area (Å²) in [5, 5.41) is 3.40. The van der Waals surface area contributed by atoms with Crippen molar-refractivity contribution in [2.24, 2.45) is 0 Å². The Morgan fingerprint density at radius 1 is 1.43 bits per heavy atom. The molecule has 3 nitrogen and oxygen atoms in total. The van der Waals surface area contributed by atoms with Crippen LogP contribution in [0.25, 0.3) is 0 Å². The van der Waals surface area contributed by atoms with E-state index in [1.54, 1.807) is 16.7 Å². The molecule has 21 heavy (non-hydrogen) atoms. The zero-order valence-electron chi connectivity index (χ0n) is 12.4. The lowest BCUT2D eigenvalue weighted by atomic mass is 10.1. The number of halogens is 2. The number of benzene rings is 1. The molecule has 1 aliphatic heterocycles. The van der Waals surface area contributed by atoms with Crippen molar-refractivity contribution in [3.05, 3.63) is 35.4 Å². The first-order valence-electron chi connectivity index (χ1n) is 7.02. The summed E-state index contributed by atoms with van der Waals surface area (Å²) in [6, 6.07) is 3.18. The molecule has 0 aromatic heterocycles. The first kappa shape index (κ1) is 16.2. The van der Waals surface area contributed by atoms with E-state index < -0.39 is 17.8 Å². The summed E-state index contributed by atoms with van der Waals surface area (Å²) in [6.45, 7) is 4.47. The molecule has 1 aliphatic rings. The van der Waals surface area contributed by atoms with E-state index in [4.69, 9.17) is 0 Å². The molecule has 1 saturated heterocycles. The average molecular weight is 314 g/mol. The van der Waals surface area contributed by atoms with Gasteiger partial charge < -0.3 is 4.90 Å². The van der Waals surface area contributed by atoms with Crippen LogP contribution in [0.1, 0.15) is 32.0 Å². The van der Waals surface area contributed by atoms with Crippen LogP contribution in [0.4, 0.5) is 8.78 Å². The molecule has 0 saturated carbocycles. The largest absolute Gasteiger partial charge is 0.320 e. The topological polar surface area (TPSA) is 32.3 Å². The average Bonchev–Trinajstić information content (AvgIpc) is 2.76. The van der Waals surface area contributed by atoms with Gasteiger partial charge >= 0.3 is 0 Å². The van der Waals surface area contributed by atoms with Crippen molar-refractivity contribution < 1.29 is 13.6 Å². The Bertz CT molecular complexity index is 526. The smallest absolute Gasteiger partial charge is 0.241 e. The van der Waals surface area contributed by atoms with E-state index in [-0.39, 0.29) is 17.2 Å². The second-order valence-electron chi connectivity index (χ2n) is 5.23. The van der Waals surface area contributed by atoms with Gasteiger partial charge in [0.15, 0.2) is 0 Å². The summed E-state index contributed by atoms with van der Waals surface area (Å²) in [6.07, 6.45) is 2.09. The van der Waals surface area contributed by atoms with Crippen LogP contribution in [0.2, 0.25) is 0 Å². The molecule has 0 bridgehead atoms. The van der Waals surface area contributed by atoms with Crippen LogP contribution >= 0.6 is 11.8 Å². The van der Waals surface area contributed by atoms with E-state index in [2.05, 4.69) is 5.32 Å². The van der Waals surface area contributed by atoms with E-state index >= 15 is 0 Å². The first-order valence-corrected chi connectivity index (χ1v) is 8.31. The van der Waals surface area contributed by atoms with Crippen molar-refractivity contribution in [2.75, 3.05) is 12.8 Å². The van der Waals surface area contributed by atoms with Crippen LogP contribution in [-0.4, -0.2) is 34.9 Å². The number of hydrogen-bond acceptors (Lipinski definition) is 3.